The fraction of sp³-hybridized carbons (Fsp3) is 0.300. The largest absolute Gasteiger partial charge is 0.372 e. The second-order valence-electron chi connectivity index (χ2n) is 9.88. The number of anilines is 2. The van der Waals surface area contributed by atoms with Crippen molar-refractivity contribution in [2.45, 2.75) is 38.6 Å². The van der Waals surface area contributed by atoms with Crippen molar-refractivity contribution in [1.82, 2.24) is 10.2 Å². The molecule has 3 aromatic rings. The summed E-state index contributed by atoms with van der Waals surface area (Å²) in [6.45, 7) is 5.68. The van der Waals surface area contributed by atoms with E-state index in [1.807, 2.05) is 86.6 Å². The van der Waals surface area contributed by atoms with Crippen LogP contribution in [-0.2, 0) is 15.1 Å². The molecular weight excluding hydrogens is 464 g/mol. The molecule has 37 heavy (non-hydrogen) atoms. The van der Waals surface area contributed by atoms with Crippen molar-refractivity contribution >= 4 is 29.2 Å². The molecule has 7 nitrogen and oxygen atoms in total. The number of carbonyl (C=O) groups excluding carboxylic acids is 3. The van der Waals surface area contributed by atoms with Crippen LogP contribution in [0.25, 0.3) is 0 Å². The van der Waals surface area contributed by atoms with Crippen molar-refractivity contribution in [2.24, 2.45) is 0 Å². The Hall–Kier alpha value is -4.13. The maximum absolute atomic E-state index is 13.9. The number of amides is 4. The Morgan fingerprint density at radius 1 is 0.865 bits per heavy atom. The summed E-state index contributed by atoms with van der Waals surface area (Å²) in [6.07, 6.45) is 3.65. The van der Waals surface area contributed by atoms with Crippen molar-refractivity contribution in [3.8, 4) is 0 Å². The van der Waals surface area contributed by atoms with Crippen LogP contribution in [0.4, 0.5) is 16.2 Å². The zero-order valence-electron chi connectivity index (χ0n) is 21.3. The molecule has 0 radical (unpaired) electrons. The van der Waals surface area contributed by atoms with Gasteiger partial charge in [-0.2, -0.15) is 0 Å². The van der Waals surface area contributed by atoms with E-state index in [-0.39, 0.29) is 6.54 Å². The van der Waals surface area contributed by atoms with Gasteiger partial charge in [0, 0.05) is 24.5 Å². The predicted molar refractivity (Wildman–Crippen MR) is 145 cm³/mol. The van der Waals surface area contributed by atoms with Gasteiger partial charge in [0.05, 0.1) is 0 Å². The monoisotopic (exact) mass is 496 g/mol. The van der Waals surface area contributed by atoms with Gasteiger partial charge in [-0.3, -0.25) is 14.5 Å². The summed E-state index contributed by atoms with van der Waals surface area (Å²) in [5.41, 5.74) is 3.77. The second-order valence-corrected chi connectivity index (χ2v) is 9.88. The molecular formula is C30H32N4O3. The topological polar surface area (TPSA) is 81.8 Å². The maximum atomic E-state index is 13.9. The highest BCUT2D eigenvalue weighted by molar-refractivity contribution is 6.12. The Balaban J connectivity index is 1.36. The highest BCUT2D eigenvalue weighted by Crippen LogP contribution is 2.37. The fourth-order valence-electron chi connectivity index (χ4n) is 5.19. The maximum Gasteiger partial charge on any atom is 0.326 e. The Bertz CT molecular complexity index is 1320. The third-order valence-corrected chi connectivity index (χ3v) is 7.43. The third-order valence-electron chi connectivity index (χ3n) is 7.43. The van der Waals surface area contributed by atoms with Crippen LogP contribution in [-0.4, -0.2) is 42.4 Å². The quantitative estimate of drug-likeness (QED) is 0.484. The van der Waals surface area contributed by atoms with E-state index in [4.69, 9.17) is 0 Å². The molecule has 0 aromatic heterocycles. The number of carbonyl (C=O) groups is 3. The van der Waals surface area contributed by atoms with E-state index in [1.165, 1.54) is 19.3 Å². The first kappa shape index (κ1) is 24.6. The molecule has 5 rings (SSSR count). The summed E-state index contributed by atoms with van der Waals surface area (Å²) in [6, 6.07) is 22.0. The van der Waals surface area contributed by atoms with Crippen LogP contribution < -0.4 is 15.5 Å². The average molecular weight is 497 g/mol. The van der Waals surface area contributed by atoms with Crippen LogP contribution in [0, 0.1) is 13.8 Å². The Morgan fingerprint density at radius 3 is 2.24 bits per heavy atom. The normalized spacial score (nSPS) is 19.6. The number of nitrogens with one attached hydrogen (secondary N) is 2. The van der Waals surface area contributed by atoms with Crippen molar-refractivity contribution in [3.63, 3.8) is 0 Å². The van der Waals surface area contributed by atoms with Crippen molar-refractivity contribution in [2.75, 3.05) is 29.9 Å². The van der Waals surface area contributed by atoms with Crippen LogP contribution in [0.5, 0.6) is 0 Å². The van der Waals surface area contributed by atoms with Crippen LogP contribution in [0.3, 0.4) is 0 Å². The van der Waals surface area contributed by atoms with E-state index in [1.54, 1.807) is 0 Å². The van der Waals surface area contributed by atoms with Gasteiger partial charge in [-0.1, -0.05) is 48.5 Å². The lowest BCUT2D eigenvalue weighted by molar-refractivity contribution is -0.133. The molecule has 2 fully saturated rings. The highest BCUT2D eigenvalue weighted by atomic mass is 16.2. The van der Waals surface area contributed by atoms with Crippen LogP contribution in [0.2, 0.25) is 0 Å². The van der Waals surface area contributed by atoms with E-state index in [0.29, 0.717) is 16.8 Å². The third kappa shape index (κ3) is 4.69. The molecule has 2 heterocycles. The minimum Gasteiger partial charge on any atom is -0.372 e. The average Bonchev–Trinajstić information content (AvgIpc) is 3.17. The summed E-state index contributed by atoms with van der Waals surface area (Å²) in [7, 11) is 0. The number of nitrogens with zero attached hydrogens (tertiary/aromatic N) is 2. The van der Waals surface area contributed by atoms with E-state index in [2.05, 4.69) is 15.5 Å². The Kier molecular flexibility index (Phi) is 6.70. The first-order chi connectivity index (χ1) is 17.9. The number of imide groups is 1. The van der Waals surface area contributed by atoms with Gasteiger partial charge in [-0.05, 0) is 79.6 Å². The van der Waals surface area contributed by atoms with Crippen LogP contribution in [0.15, 0.2) is 72.8 Å². The molecule has 0 bridgehead atoms. The Labute approximate surface area is 217 Å². The molecule has 190 valence electrons. The van der Waals surface area contributed by atoms with Gasteiger partial charge in [0.2, 0.25) is 5.91 Å². The van der Waals surface area contributed by atoms with Gasteiger partial charge in [-0.25, -0.2) is 4.79 Å². The van der Waals surface area contributed by atoms with E-state index < -0.39 is 23.4 Å². The van der Waals surface area contributed by atoms with Crippen molar-refractivity contribution in [1.29, 1.82) is 0 Å². The van der Waals surface area contributed by atoms with Crippen molar-refractivity contribution in [3.05, 3.63) is 95.1 Å². The van der Waals surface area contributed by atoms with E-state index in [0.717, 1.165) is 34.8 Å². The predicted octanol–water partition coefficient (Wildman–Crippen LogP) is 4.73. The number of rotatable bonds is 6. The number of urea groups is 1. The molecule has 2 N–H and O–H groups in total. The lowest BCUT2D eigenvalue weighted by atomic mass is 9.81. The molecule has 2 aliphatic rings. The minimum atomic E-state index is -1.40. The van der Waals surface area contributed by atoms with Crippen molar-refractivity contribution < 1.29 is 14.4 Å². The van der Waals surface area contributed by atoms with Gasteiger partial charge in [0.25, 0.3) is 5.91 Å². The van der Waals surface area contributed by atoms with Gasteiger partial charge in [-0.15, -0.1) is 0 Å². The molecule has 1 atom stereocenters. The van der Waals surface area contributed by atoms with Gasteiger partial charge in [0.1, 0.15) is 6.54 Å². The Morgan fingerprint density at radius 2 is 1.57 bits per heavy atom. The number of aryl methyl sites for hydroxylation is 2. The molecule has 3 aromatic carbocycles. The molecule has 0 saturated carbocycles. The molecule has 2 saturated heterocycles. The zero-order valence-corrected chi connectivity index (χ0v) is 21.3. The second kappa shape index (κ2) is 10.1. The molecule has 7 heteroatoms. The summed E-state index contributed by atoms with van der Waals surface area (Å²) in [4.78, 5) is 43.3. The first-order valence-corrected chi connectivity index (χ1v) is 12.8. The molecule has 0 spiro atoms. The molecule has 0 aliphatic carbocycles. The summed E-state index contributed by atoms with van der Waals surface area (Å²) >= 11 is 0. The van der Waals surface area contributed by atoms with E-state index >= 15 is 0 Å². The lowest BCUT2D eigenvalue weighted by Gasteiger charge is -2.29. The van der Waals surface area contributed by atoms with E-state index in [9.17, 15) is 14.4 Å². The van der Waals surface area contributed by atoms with Crippen LogP contribution >= 0.6 is 0 Å². The smallest absolute Gasteiger partial charge is 0.326 e. The van der Waals surface area contributed by atoms with Gasteiger partial charge >= 0.3 is 6.03 Å². The van der Waals surface area contributed by atoms with Gasteiger partial charge in [0.15, 0.2) is 5.54 Å². The lowest BCUT2D eigenvalue weighted by Crippen LogP contribution is -2.45. The molecule has 0 unspecified atom stereocenters. The fourth-order valence-corrected chi connectivity index (χ4v) is 5.19. The summed E-state index contributed by atoms with van der Waals surface area (Å²) < 4.78 is 0. The number of piperidine rings is 1. The number of hydrogen-bond donors (Lipinski definition) is 2. The minimum absolute atomic E-state index is 0.377. The zero-order chi connectivity index (χ0) is 26.0. The molecule has 4 amide bonds. The number of benzene rings is 3. The standard InChI is InChI=1S/C30H32N4O3/c1-21-11-12-24(19-22(21)2)30(23-9-5-3-6-10-23)28(36)34(29(37)32-30)20-27(35)31-25-13-15-26(16-14-25)33-17-7-4-8-18-33/h3,5-6,9-16,19H,4,7-8,17-18,20H2,1-2H3,(H,31,35)(H,32,37)/t30-/m1/s1. The summed E-state index contributed by atoms with van der Waals surface area (Å²) in [5.74, 6) is -0.902. The molecule has 2 aliphatic heterocycles. The summed E-state index contributed by atoms with van der Waals surface area (Å²) in [5, 5.41) is 5.74. The highest BCUT2D eigenvalue weighted by Gasteiger charge is 2.54. The SMILES string of the molecule is Cc1ccc([C@@]2(c3ccccc3)NC(=O)N(CC(=O)Nc3ccc(N4CCCCC4)cc3)C2=O)cc1C. The van der Waals surface area contributed by atoms with Gasteiger partial charge < -0.3 is 15.5 Å². The van der Waals surface area contributed by atoms with Crippen LogP contribution in [0.1, 0.15) is 41.5 Å². The number of hydrogen-bond acceptors (Lipinski definition) is 4. The first-order valence-electron chi connectivity index (χ1n) is 12.8.